The lowest BCUT2D eigenvalue weighted by Crippen LogP contribution is -2.35. The molecule has 1 aliphatic rings. The third kappa shape index (κ3) is 2.91. The van der Waals surface area contributed by atoms with Crippen LogP contribution in [0.2, 0.25) is 0 Å². The van der Waals surface area contributed by atoms with Gasteiger partial charge in [0.1, 0.15) is 11.5 Å². The lowest BCUT2D eigenvalue weighted by Gasteiger charge is -2.30. The van der Waals surface area contributed by atoms with Crippen LogP contribution in [0.3, 0.4) is 0 Å². The first-order valence-corrected chi connectivity index (χ1v) is 7.24. The van der Waals surface area contributed by atoms with E-state index in [2.05, 4.69) is 37.3 Å². The number of nitrogens with zero attached hydrogens (tertiary/aromatic N) is 1. The average Bonchev–Trinajstić information content (AvgIpc) is 2.45. The molecule has 0 saturated heterocycles. The maximum absolute atomic E-state index is 5.73. The minimum atomic E-state index is 0.524. The van der Waals surface area contributed by atoms with Crippen molar-refractivity contribution in [1.82, 2.24) is 10.2 Å². The molecule has 0 fully saturated rings. The zero-order valence-corrected chi connectivity index (χ0v) is 13.2. The first kappa shape index (κ1) is 15.1. The van der Waals surface area contributed by atoms with Crippen LogP contribution in [0.15, 0.2) is 6.07 Å². The highest BCUT2D eigenvalue weighted by Crippen LogP contribution is 2.38. The van der Waals surface area contributed by atoms with Gasteiger partial charge in [0.25, 0.3) is 0 Å². The highest BCUT2D eigenvalue weighted by atomic mass is 16.5. The molecule has 4 heteroatoms. The molecule has 112 valence electrons. The average molecular weight is 278 g/mol. The minimum Gasteiger partial charge on any atom is -0.496 e. The molecule has 0 radical (unpaired) electrons. The summed E-state index contributed by atoms with van der Waals surface area (Å²) in [4.78, 5) is 2.15. The monoisotopic (exact) mass is 278 g/mol. The van der Waals surface area contributed by atoms with Gasteiger partial charge < -0.3 is 19.7 Å². The van der Waals surface area contributed by atoms with Crippen LogP contribution in [0.1, 0.15) is 30.0 Å². The Balaban J connectivity index is 2.51. The van der Waals surface area contributed by atoms with Gasteiger partial charge in [0.15, 0.2) is 0 Å². The number of hydrogen-bond acceptors (Lipinski definition) is 4. The van der Waals surface area contributed by atoms with E-state index in [0.29, 0.717) is 6.04 Å². The first-order chi connectivity index (χ1) is 9.60. The number of methoxy groups -OCH3 is 2. The molecule has 0 aromatic heterocycles. The zero-order valence-electron chi connectivity index (χ0n) is 13.2. The molecule has 1 unspecified atom stereocenters. The van der Waals surface area contributed by atoms with Gasteiger partial charge in [-0.3, -0.25) is 0 Å². The molecule has 4 nitrogen and oxygen atoms in total. The van der Waals surface area contributed by atoms with Gasteiger partial charge in [0.2, 0.25) is 0 Å². The summed E-state index contributed by atoms with van der Waals surface area (Å²) in [5, 5.41) is 3.57. The van der Waals surface area contributed by atoms with Crippen LogP contribution in [-0.4, -0.2) is 39.3 Å². The molecule has 1 atom stereocenters. The molecule has 0 saturated carbocycles. The van der Waals surface area contributed by atoms with Crippen LogP contribution in [0, 0.1) is 0 Å². The minimum absolute atomic E-state index is 0.524. The Hall–Kier alpha value is -1.26. The maximum Gasteiger partial charge on any atom is 0.127 e. The number of fused-ring (bicyclic) bond motifs is 1. The summed E-state index contributed by atoms with van der Waals surface area (Å²) in [6.07, 6.45) is 2.13. The highest BCUT2D eigenvalue weighted by Gasteiger charge is 2.25. The third-order valence-electron chi connectivity index (χ3n) is 3.95. The lowest BCUT2D eigenvalue weighted by atomic mass is 9.90. The van der Waals surface area contributed by atoms with E-state index >= 15 is 0 Å². The van der Waals surface area contributed by atoms with Crippen molar-refractivity contribution < 1.29 is 9.47 Å². The Morgan fingerprint density at radius 1 is 1.25 bits per heavy atom. The van der Waals surface area contributed by atoms with Crippen molar-refractivity contribution in [3.63, 3.8) is 0 Å². The maximum atomic E-state index is 5.73. The summed E-state index contributed by atoms with van der Waals surface area (Å²) in [5.74, 6) is 2.01. The fraction of sp³-hybridized carbons (Fsp3) is 0.625. The van der Waals surface area contributed by atoms with Gasteiger partial charge in [0.05, 0.1) is 14.2 Å². The zero-order chi connectivity index (χ0) is 14.7. The van der Waals surface area contributed by atoms with Gasteiger partial charge in [-0.15, -0.1) is 0 Å². The van der Waals surface area contributed by atoms with Crippen molar-refractivity contribution in [2.24, 2.45) is 0 Å². The van der Waals surface area contributed by atoms with Crippen LogP contribution in [0.4, 0.5) is 0 Å². The van der Waals surface area contributed by atoms with Gasteiger partial charge in [-0.1, -0.05) is 6.92 Å². The fourth-order valence-electron chi connectivity index (χ4n) is 2.95. The summed E-state index contributed by atoms with van der Waals surface area (Å²) in [6, 6.07) is 2.64. The first-order valence-electron chi connectivity index (χ1n) is 7.24. The summed E-state index contributed by atoms with van der Waals surface area (Å²) >= 11 is 0. The molecule has 1 N–H and O–H groups in total. The topological polar surface area (TPSA) is 33.7 Å². The molecule has 1 aliphatic heterocycles. The van der Waals surface area contributed by atoms with Crippen LogP contribution < -0.4 is 14.8 Å². The van der Waals surface area contributed by atoms with Crippen molar-refractivity contribution in [3.05, 3.63) is 22.8 Å². The van der Waals surface area contributed by atoms with E-state index in [1.807, 2.05) is 0 Å². The van der Waals surface area contributed by atoms with E-state index in [1.54, 1.807) is 14.2 Å². The molecule has 0 aliphatic carbocycles. The third-order valence-corrected chi connectivity index (χ3v) is 3.95. The Labute approximate surface area is 122 Å². The number of benzene rings is 1. The van der Waals surface area contributed by atoms with E-state index in [-0.39, 0.29) is 0 Å². The fourth-order valence-corrected chi connectivity index (χ4v) is 2.95. The van der Waals surface area contributed by atoms with E-state index in [0.717, 1.165) is 37.4 Å². The molecule has 2 rings (SSSR count). The molecule has 1 aromatic carbocycles. The smallest absolute Gasteiger partial charge is 0.127 e. The Morgan fingerprint density at radius 3 is 2.55 bits per heavy atom. The van der Waals surface area contributed by atoms with Crippen molar-refractivity contribution >= 4 is 0 Å². The lowest BCUT2D eigenvalue weighted by molar-refractivity contribution is 0.351. The van der Waals surface area contributed by atoms with E-state index < -0.39 is 0 Å². The van der Waals surface area contributed by atoms with Crippen LogP contribution in [-0.2, 0) is 19.5 Å². The molecule has 1 heterocycles. The SMILES string of the molecule is CCC1Cc2c(c(OC)cc(CN(C)C)c2OC)CN1. The Morgan fingerprint density at radius 2 is 2.00 bits per heavy atom. The second kappa shape index (κ2) is 6.46. The molecule has 0 amide bonds. The van der Waals surface area contributed by atoms with E-state index in [4.69, 9.17) is 9.47 Å². The molecule has 20 heavy (non-hydrogen) atoms. The van der Waals surface area contributed by atoms with Crippen molar-refractivity contribution in [1.29, 1.82) is 0 Å². The highest BCUT2D eigenvalue weighted by molar-refractivity contribution is 5.55. The summed E-state index contributed by atoms with van der Waals surface area (Å²) in [5.41, 5.74) is 3.76. The normalized spacial score (nSPS) is 18.0. The van der Waals surface area contributed by atoms with Crippen molar-refractivity contribution in [2.75, 3.05) is 28.3 Å². The molecule has 1 aromatic rings. The second-order valence-electron chi connectivity index (χ2n) is 5.66. The molecule has 0 bridgehead atoms. The van der Waals surface area contributed by atoms with Crippen LogP contribution in [0.25, 0.3) is 0 Å². The van der Waals surface area contributed by atoms with Gasteiger partial charge in [0, 0.05) is 35.8 Å². The van der Waals surface area contributed by atoms with E-state index in [1.165, 1.54) is 16.7 Å². The predicted octanol–water partition coefficient (Wildman–Crippen LogP) is 2.19. The quantitative estimate of drug-likeness (QED) is 0.895. The Kier molecular flexibility index (Phi) is 4.89. The standard InChI is InChI=1S/C16H26N2O2/c1-6-12-8-13-14(9-17-12)15(19-4)7-11(10-18(2)3)16(13)20-5/h7,12,17H,6,8-10H2,1-5H3. The molecular formula is C16H26N2O2. The predicted molar refractivity (Wildman–Crippen MR) is 81.6 cm³/mol. The summed E-state index contributed by atoms with van der Waals surface area (Å²) in [6.45, 7) is 3.93. The van der Waals surface area contributed by atoms with Crippen LogP contribution in [0.5, 0.6) is 11.5 Å². The van der Waals surface area contributed by atoms with Gasteiger partial charge >= 0.3 is 0 Å². The number of ether oxygens (including phenoxy) is 2. The molecular weight excluding hydrogens is 252 g/mol. The van der Waals surface area contributed by atoms with E-state index in [9.17, 15) is 0 Å². The second-order valence-corrected chi connectivity index (χ2v) is 5.66. The largest absolute Gasteiger partial charge is 0.496 e. The number of rotatable bonds is 5. The van der Waals surface area contributed by atoms with Gasteiger partial charge in [-0.2, -0.15) is 0 Å². The van der Waals surface area contributed by atoms with Gasteiger partial charge in [-0.05, 0) is 33.0 Å². The summed E-state index contributed by atoms with van der Waals surface area (Å²) < 4.78 is 11.3. The number of nitrogens with one attached hydrogen (secondary N) is 1. The summed E-state index contributed by atoms with van der Waals surface area (Å²) in [7, 11) is 7.65. The van der Waals surface area contributed by atoms with Gasteiger partial charge in [-0.25, -0.2) is 0 Å². The van der Waals surface area contributed by atoms with Crippen molar-refractivity contribution in [2.45, 2.75) is 38.9 Å². The van der Waals surface area contributed by atoms with Crippen LogP contribution >= 0.6 is 0 Å². The molecule has 0 spiro atoms. The van der Waals surface area contributed by atoms with Crippen molar-refractivity contribution in [3.8, 4) is 11.5 Å². The Bertz CT molecular complexity index is 472. The number of hydrogen-bond donors (Lipinski definition) is 1.